The van der Waals surface area contributed by atoms with Gasteiger partial charge in [0.1, 0.15) is 0 Å². The Balaban J connectivity index is 1.23. The molecule has 5 nitrogen and oxygen atoms in total. The fourth-order valence-corrected chi connectivity index (χ4v) is 5.65. The number of fused-ring (bicyclic) bond motifs is 2. The molecule has 36 heavy (non-hydrogen) atoms. The number of rotatable bonds is 6. The second kappa shape index (κ2) is 9.63. The maximum absolute atomic E-state index is 13.2. The fourth-order valence-electron chi connectivity index (χ4n) is 4.68. The number of aryl methyl sites for hydroxylation is 1. The molecule has 0 fully saturated rings. The minimum Gasteiger partial charge on any atom is -0.313 e. The average Bonchev–Trinajstić information content (AvgIpc) is 3.50. The predicted molar refractivity (Wildman–Crippen MR) is 146 cm³/mol. The second-order valence-electron chi connectivity index (χ2n) is 9.15. The maximum atomic E-state index is 13.2. The van der Waals surface area contributed by atoms with Crippen LogP contribution in [0.3, 0.4) is 0 Å². The first-order chi connectivity index (χ1) is 17.7. The van der Waals surface area contributed by atoms with E-state index in [0.717, 1.165) is 46.2 Å². The molecule has 0 N–H and O–H groups in total. The van der Waals surface area contributed by atoms with E-state index in [9.17, 15) is 4.79 Å². The molecular formula is C30H26N4OS. The quantitative estimate of drug-likeness (QED) is 0.263. The highest BCUT2D eigenvalue weighted by Crippen LogP contribution is 2.30. The molecule has 1 aliphatic rings. The van der Waals surface area contributed by atoms with E-state index in [0.29, 0.717) is 12.1 Å². The third kappa shape index (κ3) is 4.40. The van der Waals surface area contributed by atoms with Crippen LogP contribution in [-0.2, 0) is 18.7 Å². The summed E-state index contributed by atoms with van der Waals surface area (Å²) in [4.78, 5) is 24.3. The summed E-state index contributed by atoms with van der Waals surface area (Å²) in [7, 11) is 0. The summed E-state index contributed by atoms with van der Waals surface area (Å²) in [5.74, 6) is 0.903. The second-order valence-corrected chi connectivity index (χ2v) is 10.1. The van der Waals surface area contributed by atoms with Crippen LogP contribution in [0.4, 0.5) is 5.69 Å². The number of imidazole rings is 1. The molecule has 6 heteroatoms. The van der Waals surface area contributed by atoms with Crippen molar-refractivity contribution in [3.63, 3.8) is 0 Å². The van der Waals surface area contributed by atoms with E-state index in [1.54, 1.807) is 18.0 Å². The van der Waals surface area contributed by atoms with E-state index in [1.165, 1.54) is 16.7 Å². The van der Waals surface area contributed by atoms with E-state index in [1.807, 2.05) is 59.6 Å². The minimum atomic E-state index is 0.0538. The highest BCUT2D eigenvalue weighted by molar-refractivity contribution is 7.98. The van der Waals surface area contributed by atoms with Gasteiger partial charge in [-0.25, -0.2) is 4.98 Å². The molecular weight excluding hydrogens is 464 g/mol. The lowest BCUT2D eigenvalue weighted by atomic mass is 10.1. The predicted octanol–water partition coefficient (Wildman–Crippen LogP) is 6.28. The van der Waals surface area contributed by atoms with E-state index in [2.05, 4.69) is 46.8 Å². The summed E-state index contributed by atoms with van der Waals surface area (Å²) in [6.45, 7) is 3.50. The Morgan fingerprint density at radius 1 is 0.944 bits per heavy atom. The molecule has 0 saturated heterocycles. The molecule has 0 aliphatic carbocycles. The number of nitrogens with zero attached hydrogens (tertiary/aromatic N) is 4. The van der Waals surface area contributed by atoms with Crippen LogP contribution >= 0.6 is 11.8 Å². The number of amides is 1. The lowest BCUT2D eigenvalue weighted by molar-refractivity contribution is 0.0989. The van der Waals surface area contributed by atoms with E-state index in [4.69, 9.17) is 4.98 Å². The first-order valence-corrected chi connectivity index (χ1v) is 13.1. The summed E-state index contributed by atoms with van der Waals surface area (Å²) < 4.78 is 2.22. The lowest BCUT2D eigenvalue weighted by Crippen LogP contribution is -2.28. The molecule has 3 aromatic carbocycles. The third-order valence-electron chi connectivity index (χ3n) is 6.68. The van der Waals surface area contributed by atoms with Crippen LogP contribution < -0.4 is 4.90 Å². The number of carbonyl (C=O) groups is 1. The zero-order chi connectivity index (χ0) is 24.5. The van der Waals surface area contributed by atoms with Crippen LogP contribution in [-0.4, -0.2) is 27.0 Å². The monoisotopic (exact) mass is 490 g/mol. The summed E-state index contributed by atoms with van der Waals surface area (Å²) in [5.41, 5.74) is 8.58. The SMILES string of the molecule is Cc1ccc(CSc2nc3ccncc3n2Cc2ccc(C(=O)N3CCc4ccccc43)cc2)cc1. The Hall–Kier alpha value is -3.90. The van der Waals surface area contributed by atoms with Gasteiger partial charge in [0, 0.05) is 29.7 Å². The van der Waals surface area contributed by atoms with Crippen molar-refractivity contribution in [3.05, 3.63) is 119 Å². The van der Waals surface area contributed by atoms with Crippen LogP contribution in [0.15, 0.2) is 96.4 Å². The zero-order valence-corrected chi connectivity index (χ0v) is 20.9. The molecule has 0 spiro atoms. The van der Waals surface area contributed by atoms with Gasteiger partial charge in [-0.05, 0) is 54.3 Å². The number of carbonyl (C=O) groups excluding carboxylic acids is 1. The van der Waals surface area contributed by atoms with Crippen LogP contribution in [0, 0.1) is 6.92 Å². The van der Waals surface area contributed by atoms with Crippen molar-refractivity contribution < 1.29 is 4.79 Å². The van der Waals surface area contributed by atoms with Gasteiger partial charge in [-0.1, -0.05) is 71.9 Å². The molecule has 3 heterocycles. The first-order valence-electron chi connectivity index (χ1n) is 12.1. The highest BCUT2D eigenvalue weighted by atomic mass is 32.2. The van der Waals surface area contributed by atoms with Gasteiger partial charge in [0.05, 0.1) is 23.8 Å². The topological polar surface area (TPSA) is 51.0 Å². The van der Waals surface area contributed by atoms with E-state index >= 15 is 0 Å². The molecule has 1 aliphatic heterocycles. The molecule has 0 unspecified atom stereocenters. The smallest absolute Gasteiger partial charge is 0.258 e. The van der Waals surface area contributed by atoms with Crippen LogP contribution in [0.25, 0.3) is 11.0 Å². The van der Waals surface area contributed by atoms with Crippen LogP contribution in [0.5, 0.6) is 0 Å². The molecule has 0 saturated carbocycles. The van der Waals surface area contributed by atoms with Gasteiger partial charge in [0.2, 0.25) is 0 Å². The van der Waals surface area contributed by atoms with Crippen molar-refractivity contribution in [3.8, 4) is 0 Å². The molecule has 6 rings (SSSR count). The molecule has 0 radical (unpaired) electrons. The van der Waals surface area contributed by atoms with Gasteiger partial charge in [0.25, 0.3) is 5.91 Å². The van der Waals surface area contributed by atoms with Crippen molar-refractivity contribution in [1.82, 2.24) is 14.5 Å². The molecule has 0 bridgehead atoms. The number of hydrogen-bond acceptors (Lipinski definition) is 4. The Kier molecular flexibility index (Phi) is 6.03. The highest BCUT2D eigenvalue weighted by Gasteiger charge is 2.25. The van der Waals surface area contributed by atoms with Crippen LogP contribution in [0.2, 0.25) is 0 Å². The molecule has 2 aromatic heterocycles. The van der Waals surface area contributed by atoms with Crippen molar-refractivity contribution in [2.24, 2.45) is 0 Å². The fraction of sp³-hybridized carbons (Fsp3) is 0.167. The van der Waals surface area contributed by atoms with E-state index < -0.39 is 0 Å². The van der Waals surface area contributed by atoms with Gasteiger partial charge < -0.3 is 9.47 Å². The number of pyridine rings is 1. The Bertz CT molecular complexity index is 1540. The van der Waals surface area contributed by atoms with Gasteiger partial charge in [-0.15, -0.1) is 0 Å². The molecule has 5 aromatic rings. The Morgan fingerprint density at radius 2 is 1.72 bits per heavy atom. The molecule has 0 atom stereocenters. The summed E-state index contributed by atoms with van der Waals surface area (Å²) in [6, 6.07) is 26.7. The zero-order valence-electron chi connectivity index (χ0n) is 20.1. The number of para-hydroxylation sites is 1. The minimum absolute atomic E-state index is 0.0538. The summed E-state index contributed by atoms with van der Waals surface area (Å²) >= 11 is 1.73. The van der Waals surface area contributed by atoms with Gasteiger partial charge in [-0.2, -0.15) is 0 Å². The van der Waals surface area contributed by atoms with Gasteiger partial charge in [0.15, 0.2) is 5.16 Å². The summed E-state index contributed by atoms with van der Waals surface area (Å²) in [5, 5.41) is 0.965. The largest absolute Gasteiger partial charge is 0.313 e. The molecule has 1 amide bonds. The van der Waals surface area contributed by atoms with Crippen molar-refractivity contribution in [2.75, 3.05) is 11.4 Å². The normalized spacial score (nSPS) is 12.8. The standard InChI is InChI=1S/C30H26N4OS/c1-21-6-8-23(9-7-21)20-36-30-32-26-14-16-31-18-28(26)34(30)19-22-10-12-25(13-11-22)29(35)33-17-15-24-4-2-3-5-27(24)33/h2-14,16,18H,15,17,19-20H2,1H3. The third-order valence-corrected chi connectivity index (χ3v) is 7.73. The number of anilines is 1. The first kappa shape index (κ1) is 22.6. The Labute approximate surface area is 214 Å². The average molecular weight is 491 g/mol. The van der Waals surface area contributed by atoms with Crippen molar-refractivity contribution >= 4 is 34.4 Å². The van der Waals surface area contributed by atoms with Crippen molar-refractivity contribution in [1.29, 1.82) is 0 Å². The number of thioether (sulfide) groups is 1. The maximum Gasteiger partial charge on any atom is 0.258 e. The lowest BCUT2D eigenvalue weighted by Gasteiger charge is -2.17. The Morgan fingerprint density at radius 3 is 2.56 bits per heavy atom. The number of aromatic nitrogens is 3. The van der Waals surface area contributed by atoms with Crippen LogP contribution in [0.1, 0.15) is 32.6 Å². The number of hydrogen-bond donors (Lipinski definition) is 0. The van der Waals surface area contributed by atoms with Gasteiger partial charge >= 0.3 is 0 Å². The van der Waals surface area contributed by atoms with Crippen molar-refractivity contribution in [2.45, 2.75) is 30.8 Å². The number of benzene rings is 3. The molecule has 178 valence electrons. The summed E-state index contributed by atoms with van der Waals surface area (Å²) in [6.07, 6.45) is 4.57. The van der Waals surface area contributed by atoms with Gasteiger partial charge in [-0.3, -0.25) is 9.78 Å². The van der Waals surface area contributed by atoms with E-state index in [-0.39, 0.29) is 5.91 Å².